The van der Waals surface area contributed by atoms with E-state index < -0.39 is 6.04 Å². The number of nitrogens with zero attached hydrogens (tertiary/aromatic N) is 1. The molecule has 0 saturated carbocycles. The molecule has 6 nitrogen and oxygen atoms in total. The molecule has 0 saturated heterocycles. The van der Waals surface area contributed by atoms with Gasteiger partial charge in [0.1, 0.15) is 0 Å². The van der Waals surface area contributed by atoms with Gasteiger partial charge in [-0.25, -0.2) is 0 Å². The van der Waals surface area contributed by atoms with Crippen LogP contribution < -0.4 is 22.5 Å². The van der Waals surface area contributed by atoms with E-state index in [0.29, 0.717) is 19.4 Å². The summed E-state index contributed by atoms with van der Waals surface area (Å²) in [4.78, 5) is 15.5. The van der Waals surface area contributed by atoms with Gasteiger partial charge in [-0.1, -0.05) is 18.2 Å². The van der Waals surface area contributed by atoms with E-state index in [1.54, 1.807) is 0 Å². The summed E-state index contributed by atoms with van der Waals surface area (Å²) < 4.78 is 0. The first-order chi connectivity index (χ1) is 8.59. The zero-order valence-electron chi connectivity index (χ0n) is 11.0. The molecular weight excluding hydrogens is 301 g/mol. The van der Waals surface area contributed by atoms with Crippen LogP contribution in [-0.4, -0.2) is 24.5 Å². The van der Waals surface area contributed by atoms with Gasteiger partial charge in [-0.2, -0.15) is 0 Å². The van der Waals surface area contributed by atoms with Gasteiger partial charge in [0.2, 0.25) is 5.91 Å². The summed E-state index contributed by atoms with van der Waals surface area (Å²) in [5, 5.41) is 2.74. The van der Waals surface area contributed by atoms with Crippen molar-refractivity contribution in [1.29, 1.82) is 0 Å². The van der Waals surface area contributed by atoms with Crippen molar-refractivity contribution in [3.8, 4) is 0 Å². The van der Waals surface area contributed by atoms with Crippen LogP contribution in [0.3, 0.4) is 0 Å². The summed E-state index contributed by atoms with van der Waals surface area (Å²) >= 11 is 0. The van der Waals surface area contributed by atoms with Gasteiger partial charge in [-0.05, 0) is 25.0 Å². The maximum atomic E-state index is 11.7. The first kappa shape index (κ1) is 20.8. The summed E-state index contributed by atoms with van der Waals surface area (Å²) in [6.07, 6.45) is 1.21. The minimum atomic E-state index is -0.556. The lowest BCUT2D eigenvalue weighted by Gasteiger charge is -2.11. The zero-order chi connectivity index (χ0) is 13.4. The standard InChI is InChI=1S/C12H19N5O.2ClH/c13-10(7-4-8-16-12(14)15)11(18)17-9-5-2-1-3-6-9;;/h1-3,5-6,10H,4,7-8,13H2,(H,17,18)(H4,14,15,16);2*1H/t10-;;/m0../s1. The van der Waals surface area contributed by atoms with Crippen LogP contribution in [-0.2, 0) is 4.79 Å². The number of rotatable bonds is 6. The number of anilines is 1. The van der Waals surface area contributed by atoms with Crippen LogP contribution in [0.4, 0.5) is 5.69 Å². The fourth-order valence-corrected chi connectivity index (χ4v) is 1.41. The molecule has 0 aliphatic rings. The van der Waals surface area contributed by atoms with Crippen molar-refractivity contribution in [2.75, 3.05) is 11.9 Å². The Morgan fingerprint density at radius 2 is 1.80 bits per heavy atom. The molecule has 7 N–H and O–H groups in total. The van der Waals surface area contributed by atoms with Gasteiger partial charge in [-0.15, -0.1) is 24.8 Å². The maximum absolute atomic E-state index is 11.7. The lowest BCUT2D eigenvalue weighted by atomic mass is 10.1. The average molecular weight is 322 g/mol. The third-order valence-corrected chi connectivity index (χ3v) is 2.35. The number of hydrogen-bond donors (Lipinski definition) is 4. The van der Waals surface area contributed by atoms with E-state index in [1.807, 2.05) is 30.3 Å². The van der Waals surface area contributed by atoms with Crippen LogP contribution >= 0.6 is 24.8 Å². The molecule has 8 heteroatoms. The molecule has 1 amide bonds. The topological polar surface area (TPSA) is 120 Å². The first-order valence-corrected chi connectivity index (χ1v) is 5.76. The van der Waals surface area contributed by atoms with Crippen LogP contribution in [0, 0.1) is 0 Å². The Balaban J connectivity index is 0. The lowest BCUT2D eigenvalue weighted by Crippen LogP contribution is -2.35. The maximum Gasteiger partial charge on any atom is 0.241 e. The largest absolute Gasteiger partial charge is 0.370 e. The number of carbonyl (C=O) groups excluding carboxylic acids is 1. The van der Waals surface area contributed by atoms with Gasteiger partial charge in [0.25, 0.3) is 0 Å². The van der Waals surface area contributed by atoms with E-state index >= 15 is 0 Å². The molecule has 114 valence electrons. The first-order valence-electron chi connectivity index (χ1n) is 5.76. The predicted octanol–water partition coefficient (Wildman–Crippen LogP) is 0.850. The van der Waals surface area contributed by atoms with E-state index in [0.717, 1.165) is 5.69 Å². The molecule has 0 spiro atoms. The highest BCUT2D eigenvalue weighted by atomic mass is 35.5. The van der Waals surface area contributed by atoms with Gasteiger partial charge < -0.3 is 22.5 Å². The quantitative estimate of drug-likeness (QED) is 0.352. The number of nitrogens with one attached hydrogen (secondary N) is 1. The third kappa shape index (κ3) is 8.58. The van der Waals surface area contributed by atoms with Crippen LogP contribution in [0.15, 0.2) is 35.3 Å². The Kier molecular flexibility index (Phi) is 11.8. The van der Waals surface area contributed by atoms with Crippen LogP contribution in [0.5, 0.6) is 0 Å². The van der Waals surface area contributed by atoms with Crippen molar-refractivity contribution < 1.29 is 4.79 Å². The number of guanidine groups is 1. The molecule has 1 aromatic rings. The highest BCUT2D eigenvalue weighted by Gasteiger charge is 2.12. The van der Waals surface area contributed by atoms with Crippen molar-refractivity contribution in [2.24, 2.45) is 22.2 Å². The Bertz CT molecular complexity index is 410. The number of nitrogens with two attached hydrogens (primary N) is 3. The second kappa shape index (κ2) is 11.3. The van der Waals surface area contributed by atoms with E-state index in [9.17, 15) is 4.79 Å². The highest BCUT2D eigenvalue weighted by molar-refractivity contribution is 5.94. The fraction of sp³-hybridized carbons (Fsp3) is 0.333. The number of hydrogen-bond acceptors (Lipinski definition) is 3. The van der Waals surface area contributed by atoms with Crippen molar-refractivity contribution in [1.82, 2.24) is 0 Å². The van der Waals surface area contributed by atoms with Crippen molar-refractivity contribution in [3.05, 3.63) is 30.3 Å². The fourth-order valence-electron chi connectivity index (χ4n) is 1.41. The zero-order valence-corrected chi connectivity index (χ0v) is 12.6. The van der Waals surface area contributed by atoms with E-state index in [2.05, 4.69) is 10.3 Å². The molecule has 20 heavy (non-hydrogen) atoms. The van der Waals surface area contributed by atoms with Crippen LogP contribution in [0.2, 0.25) is 0 Å². The van der Waals surface area contributed by atoms with E-state index in [4.69, 9.17) is 17.2 Å². The summed E-state index contributed by atoms with van der Waals surface area (Å²) in [5.74, 6) is -0.150. The number of halogens is 2. The predicted molar refractivity (Wildman–Crippen MR) is 87.5 cm³/mol. The molecule has 0 fully saturated rings. The Hall–Kier alpha value is -1.50. The molecule has 0 bridgehead atoms. The summed E-state index contributed by atoms with van der Waals surface area (Å²) in [5.41, 5.74) is 16.9. The highest BCUT2D eigenvalue weighted by Crippen LogP contribution is 2.06. The SMILES string of the molecule is Cl.Cl.NC(N)=NCCC[C@H](N)C(=O)Nc1ccccc1. The molecule has 1 atom stereocenters. The number of para-hydroxylation sites is 1. The molecule has 0 aliphatic carbocycles. The molecule has 0 aromatic heterocycles. The Labute approximate surface area is 131 Å². The molecule has 0 radical (unpaired) electrons. The summed E-state index contributed by atoms with van der Waals surface area (Å²) in [6, 6.07) is 8.64. The van der Waals surface area contributed by atoms with Crippen molar-refractivity contribution in [2.45, 2.75) is 18.9 Å². The minimum Gasteiger partial charge on any atom is -0.370 e. The second-order valence-electron chi connectivity index (χ2n) is 3.91. The molecular formula is C12H21Cl2N5O. The third-order valence-electron chi connectivity index (χ3n) is 2.35. The second-order valence-corrected chi connectivity index (χ2v) is 3.91. The normalized spacial score (nSPS) is 10.4. The average Bonchev–Trinajstić information content (AvgIpc) is 2.35. The lowest BCUT2D eigenvalue weighted by molar-refractivity contribution is -0.117. The number of carbonyl (C=O) groups is 1. The Morgan fingerprint density at radius 1 is 1.20 bits per heavy atom. The minimum absolute atomic E-state index is 0. The molecule has 0 aliphatic heterocycles. The van der Waals surface area contributed by atoms with E-state index in [-0.39, 0.29) is 36.7 Å². The van der Waals surface area contributed by atoms with Gasteiger partial charge in [0.05, 0.1) is 6.04 Å². The smallest absolute Gasteiger partial charge is 0.241 e. The monoisotopic (exact) mass is 321 g/mol. The summed E-state index contributed by atoms with van der Waals surface area (Å²) in [6.45, 7) is 0.481. The van der Waals surface area contributed by atoms with Crippen LogP contribution in [0.25, 0.3) is 0 Å². The molecule has 0 heterocycles. The number of benzene rings is 1. The van der Waals surface area contributed by atoms with Gasteiger partial charge in [0.15, 0.2) is 5.96 Å². The number of aliphatic imine (C=N–C) groups is 1. The molecule has 1 aromatic carbocycles. The summed E-state index contributed by atoms with van der Waals surface area (Å²) in [7, 11) is 0. The van der Waals surface area contributed by atoms with Gasteiger partial charge in [0, 0.05) is 12.2 Å². The van der Waals surface area contributed by atoms with Crippen LogP contribution in [0.1, 0.15) is 12.8 Å². The number of amides is 1. The van der Waals surface area contributed by atoms with Crippen molar-refractivity contribution in [3.63, 3.8) is 0 Å². The van der Waals surface area contributed by atoms with E-state index in [1.165, 1.54) is 0 Å². The van der Waals surface area contributed by atoms with Gasteiger partial charge >= 0.3 is 0 Å². The molecule has 0 unspecified atom stereocenters. The molecule has 1 rings (SSSR count). The van der Waals surface area contributed by atoms with Gasteiger partial charge in [-0.3, -0.25) is 9.79 Å². The van der Waals surface area contributed by atoms with Crippen molar-refractivity contribution >= 4 is 42.4 Å². The Morgan fingerprint density at radius 3 is 2.35 bits per heavy atom.